The summed E-state index contributed by atoms with van der Waals surface area (Å²) in [5.74, 6) is -0.412. The number of unbranched alkanes of at least 4 members (excludes halogenated alkanes) is 2. The molecule has 0 aliphatic rings. The molecule has 0 aliphatic carbocycles. The standard InChI is InChI=1S/C16H25IN2O3S/c1-4-5-6-11-18-16(20)15(12(2)3)19-23(21,22)14-9-7-13(17)8-10-14/h7-10,12,15,19H,4-6,11H2,1-3H3,(H,18,20). The van der Waals surface area contributed by atoms with Gasteiger partial charge in [0.15, 0.2) is 0 Å². The van der Waals surface area contributed by atoms with Crippen molar-refractivity contribution in [3.05, 3.63) is 27.8 Å². The highest BCUT2D eigenvalue weighted by Crippen LogP contribution is 2.14. The van der Waals surface area contributed by atoms with Gasteiger partial charge in [0.05, 0.1) is 4.90 Å². The molecule has 0 heterocycles. The molecule has 7 heteroatoms. The van der Waals surface area contributed by atoms with Crippen LogP contribution in [0.2, 0.25) is 0 Å². The van der Waals surface area contributed by atoms with E-state index in [9.17, 15) is 13.2 Å². The molecule has 1 amide bonds. The highest BCUT2D eigenvalue weighted by atomic mass is 127. The van der Waals surface area contributed by atoms with E-state index in [2.05, 4.69) is 39.6 Å². The molecule has 0 fully saturated rings. The van der Waals surface area contributed by atoms with Gasteiger partial charge in [-0.2, -0.15) is 4.72 Å². The molecule has 23 heavy (non-hydrogen) atoms. The Bertz CT molecular complexity index is 600. The van der Waals surface area contributed by atoms with Crippen LogP contribution in [0.1, 0.15) is 40.0 Å². The van der Waals surface area contributed by atoms with Crippen LogP contribution in [0.15, 0.2) is 29.2 Å². The number of amides is 1. The molecule has 0 saturated carbocycles. The van der Waals surface area contributed by atoms with E-state index in [1.165, 1.54) is 0 Å². The van der Waals surface area contributed by atoms with Gasteiger partial charge < -0.3 is 5.32 Å². The summed E-state index contributed by atoms with van der Waals surface area (Å²) in [5.41, 5.74) is 0. The van der Waals surface area contributed by atoms with Crippen molar-refractivity contribution in [1.82, 2.24) is 10.0 Å². The molecule has 2 N–H and O–H groups in total. The Balaban J connectivity index is 2.78. The van der Waals surface area contributed by atoms with E-state index >= 15 is 0 Å². The highest BCUT2D eigenvalue weighted by Gasteiger charge is 2.28. The van der Waals surface area contributed by atoms with Crippen molar-refractivity contribution >= 4 is 38.5 Å². The van der Waals surface area contributed by atoms with Crippen molar-refractivity contribution < 1.29 is 13.2 Å². The maximum atomic E-state index is 12.4. The van der Waals surface area contributed by atoms with E-state index in [4.69, 9.17) is 0 Å². The smallest absolute Gasteiger partial charge is 0.241 e. The van der Waals surface area contributed by atoms with Crippen molar-refractivity contribution in [2.75, 3.05) is 6.54 Å². The monoisotopic (exact) mass is 452 g/mol. The molecule has 0 radical (unpaired) electrons. The van der Waals surface area contributed by atoms with Gasteiger partial charge in [-0.15, -0.1) is 0 Å². The minimum absolute atomic E-state index is 0.139. The zero-order valence-electron chi connectivity index (χ0n) is 13.8. The summed E-state index contributed by atoms with van der Waals surface area (Å²) in [5, 5.41) is 2.81. The van der Waals surface area contributed by atoms with Crippen LogP contribution in [0.3, 0.4) is 0 Å². The quantitative estimate of drug-likeness (QED) is 0.447. The van der Waals surface area contributed by atoms with E-state index in [1.54, 1.807) is 24.3 Å². The fourth-order valence-electron chi connectivity index (χ4n) is 2.04. The number of hydrogen-bond acceptors (Lipinski definition) is 3. The van der Waals surface area contributed by atoms with E-state index in [1.807, 2.05) is 13.8 Å². The third-order valence-corrected chi connectivity index (χ3v) is 5.61. The van der Waals surface area contributed by atoms with Gasteiger partial charge in [-0.3, -0.25) is 4.79 Å². The molecule has 0 aliphatic heterocycles. The first-order valence-corrected chi connectivity index (χ1v) is 10.4. The molecule has 0 spiro atoms. The van der Waals surface area contributed by atoms with Gasteiger partial charge in [-0.1, -0.05) is 33.6 Å². The Hall–Kier alpha value is -0.670. The summed E-state index contributed by atoms with van der Waals surface area (Å²) < 4.78 is 28.4. The van der Waals surface area contributed by atoms with Gasteiger partial charge in [-0.25, -0.2) is 8.42 Å². The normalized spacial score (nSPS) is 13.1. The lowest BCUT2D eigenvalue weighted by Gasteiger charge is -2.21. The fourth-order valence-corrected chi connectivity index (χ4v) is 3.74. The average Bonchev–Trinajstić information content (AvgIpc) is 2.49. The van der Waals surface area contributed by atoms with Crippen LogP contribution < -0.4 is 10.0 Å². The topological polar surface area (TPSA) is 75.3 Å². The number of rotatable bonds is 9. The largest absolute Gasteiger partial charge is 0.355 e. The number of carbonyl (C=O) groups excluding carboxylic acids is 1. The molecule has 130 valence electrons. The van der Waals surface area contributed by atoms with Crippen molar-refractivity contribution in [2.24, 2.45) is 5.92 Å². The number of sulfonamides is 1. The fraction of sp³-hybridized carbons (Fsp3) is 0.562. The number of halogens is 1. The average molecular weight is 452 g/mol. The van der Waals surface area contributed by atoms with Gasteiger partial charge in [0.25, 0.3) is 0 Å². The van der Waals surface area contributed by atoms with Crippen LogP contribution in [0.25, 0.3) is 0 Å². The van der Waals surface area contributed by atoms with E-state index in [0.717, 1.165) is 22.8 Å². The Morgan fingerprint density at radius 3 is 2.30 bits per heavy atom. The molecule has 5 nitrogen and oxygen atoms in total. The summed E-state index contributed by atoms with van der Waals surface area (Å²) in [6.07, 6.45) is 3.01. The Kier molecular flexibility index (Phi) is 8.49. The third-order valence-electron chi connectivity index (χ3n) is 3.43. The van der Waals surface area contributed by atoms with Gasteiger partial charge in [-0.05, 0) is 59.2 Å². The van der Waals surface area contributed by atoms with Crippen molar-refractivity contribution in [1.29, 1.82) is 0 Å². The van der Waals surface area contributed by atoms with Gasteiger partial charge in [0, 0.05) is 10.1 Å². The van der Waals surface area contributed by atoms with Gasteiger partial charge >= 0.3 is 0 Å². The maximum absolute atomic E-state index is 12.4. The van der Waals surface area contributed by atoms with Crippen LogP contribution in [0, 0.1) is 9.49 Å². The summed E-state index contributed by atoms with van der Waals surface area (Å²) in [4.78, 5) is 12.4. The van der Waals surface area contributed by atoms with Gasteiger partial charge in [0.1, 0.15) is 6.04 Å². The second-order valence-corrected chi connectivity index (χ2v) is 8.75. The molecule has 1 unspecified atom stereocenters. The van der Waals surface area contributed by atoms with E-state index in [0.29, 0.717) is 6.54 Å². The molecule has 1 rings (SSSR count). The highest BCUT2D eigenvalue weighted by molar-refractivity contribution is 14.1. The predicted octanol–water partition coefficient (Wildman–Crippen LogP) is 2.90. The summed E-state index contributed by atoms with van der Waals surface area (Å²) in [6, 6.07) is 5.76. The minimum Gasteiger partial charge on any atom is -0.355 e. The number of carbonyl (C=O) groups is 1. The zero-order chi connectivity index (χ0) is 17.5. The SMILES string of the molecule is CCCCCNC(=O)C(NS(=O)(=O)c1ccc(I)cc1)C(C)C. The lowest BCUT2D eigenvalue weighted by molar-refractivity contribution is -0.123. The molecular formula is C16H25IN2O3S. The lowest BCUT2D eigenvalue weighted by atomic mass is 10.1. The molecule has 0 saturated heterocycles. The Labute approximate surface area is 152 Å². The predicted molar refractivity (Wildman–Crippen MR) is 101 cm³/mol. The molecular weight excluding hydrogens is 427 g/mol. The first-order chi connectivity index (χ1) is 10.8. The van der Waals surface area contributed by atoms with Crippen LogP contribution >= 0.6 is 22.6 Å². The van der Waals surface area contributed by atoms with E-state index < -0.39 is 16.1 Å². The third kappa shape index (κ3) is 6.76. The molecule has 1 aromatic carbocycles. The number of nitrogens with one attached hydrogen (secondary N) is 2. The second kappa shape index (κ2) is 9.58. The number of hydrogen-bond donors (Lipinski definition) is 2. The van der Waals surface area contributed by atoms with Crippen molar-refractivity contribution in [3.63, 3.8) is 0 Å². The number of benzene rings is 1. The van der Waals surface area contributed by atoms with Crippen molar-refractivity contribution in [2.45, 2.75) is 51.0 Å². The summed E-state index contributed by atoms with van der Waals surface area (Å²) >= 11 is 2.11. The van der Waals surface area contributed by atoms with Crippen LogP contribution in [0.4, 0.5) is 0 Å². The van der Waals surface area contributed by atoms with Crippen LogP contribution in [-0.4, -0.2) is 26.9 Å². The molecule has 1 atom stereocenters. The molecule has 1 aromatic rings. The van der Waals surface area contributed by atoms with E-state index in [-0.39, 0.29) is 16.7 Å². The van der Waals surface area contributed by atoms with Crippen LogP contribution in [-0.2, 0) is 14.8 Å². The van der Waals surface area contributed by atoms with Gasteiger partial charge in [0.2, 0.25) is 15.9 Å². The second-order valence-electron chi connectivity index (χ2n) is 5.80. The summed E-state index contributed by atoms with van der Waals surface area (Å²) in [7, 11) is -3.72. The van der Waals surface area contributed by atoms with Crippen molar-refractivity contribution in [3.8, 4) is 0 Å². The zero-order valence-corrected chi connectivity index (χ0v) is 16.8. The molecule has 0 aromatic heterocycles. The van der Waals surface area contributed by atoms with Crippen LogP contribution in [0.5, 0.6) is 0 Å². The minimum atomic E-state index is -3.72. The lowest BCUT2D eigenvalue weighted by Crippen LogP contribution is -2.49. The maximum Gasteiger partial charge on any atom is 0.241 e. The molecule has 0 bridgehead atoms. The summed E-state index contributed by atoms with van der Waals surface area (Å²) in [6.45, 7) is 6.31. The Morgan fingerprint density at radius 2 is 1.78 bits per heavy atom. The Morgan fingerprint density at radius 1 is 1.17 bits per heavy atom. The first-order valence-electron chi connectivity index (χ1n) is 7.83. The first kappa shape index (κ1) is 20.4.